The maximum absolute atomic E-state index is 11.0. The average molecular weight is 246 g/mol. The van der Waals surface area contributed by atoms with Gasteiger partial charge in [0.05, 0.1) is 6.61 Å². The van der Waals surface area contributed by atoms with Crippen LogP contribution in [0.15, 0.2) is 0 Å². The van der Waals surface area contributed by atoms with Crippen molar-refractivity contribution < 1.29 is 14.6 Å². The molecule has 0 aliphatic carbocycles. The number of nitrogens with zero attached hydrogens (tertiary/aromatic N) is 1. The Labute approximate surface area is 104 Å². The summed E-state index contributed by atoms with van der Waals surface area (Å²) in [6.07, 6.45) is 1.48. The van der Waals surface area contributed by atoms with Crippen LogP contribution in [0.4, 0.5) is 0 Å². The van der Waals surface area contributed by atoms with E-state index in [1.807, 2.05) is 14.0 Å². The van der Waals surface area contributed by atoms with Gasteiger partial charge in [0.2, 0.25) is 0 Å². The van der Waals surface area contributed by atoms with Gasteiger partial charge in [-0.05, 0) is 47.3 Å². The van der Waals surface area contributed by atoms with Crippen molar-refractivity contribution in [3.05, 3.63) is 0 Å². The van der Waals surface area contributed by atoms with Crippen LogP contribution in [0.1, 0.15) is 26.7 Å². The fourth-order valence-corrected chi connectivity index (χ4v) is 1.52. The number of carbonyl (C=O) groups is 1. The molecule has 0 amide bonds. The zero-order valence-corrected chi connectivity index (χ0v) is 11.5. The lowest BCUT2D eigenvalue weighted by molar-refractivity contribution is -0.144. The van der Waals surface area contributed by atoms with E-state index in [1.165, 1.54) is 0 Å². The molecule has 0 saturated carbocycles. The molecular weight excluding hydrogens is 220 g/mol. The van der Waals surface area contributed by atoms with Gasteiger partial charge in [0.25, 0.3) is 0 Å². The summed E-state index contributed by atoms with van der Waals surface area (Å²) in [6.45, 7) is 6.94. The lowest BCUT2D eigenvalue weighted by Crippen LogP contribution is -2.47. The van der Waals surface area contributed by atoms with Crippen molar-refractivity contribution in [2.45, 2.75) is 32.2 Å². The standard InChI is InChI=1S/C12H26N2O3/c1-5-17-10-9-14(4)8-6-7-12(2,13-3)11(15)16/h13H,5-10H2,1-4H3,(H,15,16). The molecule has 0 aromatic rings. The highest BCUT2D eigenvalue weighted by atomic mass is 16.5. The number of aliphatic carboxylic acids is 1. The van der Waals surface area contributed by atoms with Crippen molar-refractivity contribution in [3.8, 4) is 0 Å². The first-order chi connectivity index (χ1) is 7.96. The molecule has 5 nitrogen and oxygen atoms in total. The van der Waals surface area contributed by atoms with Gasteiger partial charge in [-0.25, -0.2) is 0 Å². The van der Waals surface area contributed by atoms with Gasteiger partial charge < -0.3 is 20.1 Å². The minimum absolute atomic E-state index is 0.623. The minimum Gasteiger partial charge on any atom is -0.480 e. The molecule has 0 aromatic carbocycles. The Morgan fingerprint density at radius 1 is 1.47 bits per heavy atom. The van der Waals surface area contributed by atoms with E-state index in [4.69, 9.17) is 9.84 Å². The number of carboxylic acids is 1. The van der Waals surface area contributed by atoms with Gasteiger partial charge in [0, 0.05) is 13.2 Å². The van der Waals surface area contributed by atoms with E-state index in [1.54, 1.807) is 14.0 Å². The predicted octanol–water partition coefficient (Wildman–Crippen LogP) is 0.798. The third-order valence-electron chi connectivity index (χ3n) is 3.06. The summed E-state index contributed by atoms with van der Waals surface area (Å²) in [5, 5.41) is 11.9. The van der Waals surface area contributed by atoms with Crippen molar-refractivity contribution in [1.82, 2.24) is 10.2 Å². The summed E-state index contributed by atoms with van der Waals surface area (Å²) in [5.41, 5.74) is -0.819. The molecular formula is C12H26N2O3. The third kappa shape index (κ3) is 6.61. The molecule has 0 radical (unpaired) electrons. The summed E-state index contributed by atoms with van der Waals surface area (Å²) in [6, 6.07) is 0. The van der Waals surface area contributed by atoms with Gasteiger partial charge in [0.15, 0.2) is 0 Å². The molecule has 0 bridgehead atoms. The highest BCUT2D eigenvalue weighted by molar-refractivity contribution is 5.78. The number of likely N-dealkylation sites (N-methyl/N-ethyl adjacent to an activating group) is 2. The van der Waals surface area contributed by atoms with Gasteiger partial charge in [0.1, 0.15) is 5.54 Å². The highest BCUT2D eigenvalue weighted by Crippen LogP contribution is 2.12. The zero-order chi connectivity index (χ0) is 13.3. The number of rotatable bonds is 10. The second-order valence-corrected chi connectivity index (χ2v) is 4.49. The highest BCUT2D eigenvalue weighted by Gasteiger charge is 2.30. The maximum Gasteiger partial charge on any atom is 0.323 e. The van der Waals surface area contributed by atoms with Crippen molar-refractivity contribution in [2.75, 3.05) is 40.4 Å². The molecule has 0 aliphatic heterocycles. The maximum atomic E-state index is 11.0. The molecule has 2 N–H and O–H groups in total. The first-order valence-electron chi connectivity index (χ1n) is 6.15. The van der Waals surface area contributed by atoms with Crippen LogP contribution < -0.4 is 5.32 Å². The Morgan fingerprint density at radius 3 is 2.59 bits per heavy atom. The lowest BCUT2D eigenvalue weighted by atomic mass is 9.96. The summed E-state index contributed by atoms with van der Waals surface area (Å²) in [7, 11) is 3.71. The molecule has 5 heteroatoms. The van der Waals surface area contributed by atoms with Gasteiger partial charge in [-0.2, -0.15) is 0 Å². The predicted molar refractivity (Wildman–Crippen MR) is 68.3 cm³/mol. The third-order valence-corrected chi connectivity index (χ3v) is 3.06. The van der Waals surface area contributed by atoms with E-state index in [0.717, 1.165) is 32.7 Å². The molecule has 1 atom stereocenters. The molecule has 102 valence electrons. The van der Waals surface area contributed by atoms with Crippen LogP contribution in [0.3, 0.4) is 0 Å². The number of ether oxygens (including phenoxy) is 1. The Balaban J connectivity index is 3.77. The quantitative estimate of drug-likeness (QED) is 0.558. The fraction of sp³-hybridized carbons (Fsp3) is 0.917. The molecule has 0 rings (SSSR count). The Kier molecular flexibility index (Phi) is 8.12. The number of carboxylic acid groups (broad SMARTS) is 1. The first-order valence-corrected chi connectivity index (χ1v) is 6.15. The minimum atomic E-state index is -0.819. The SMILES string of the molecule is CCOCCN(C)CCCC(C)(NC)C(=O)O. The van der Waals surface area contributed by atoms with Gasteiger partial charge in [-0.15, -0.1) is 0 Å². The Morgan fingerprint density at radius 2 is 2.12 bits per heavy atom. The topological polar surface area (TPSA) is 61.8 Å². The zero-order valence-electron chi connectivity index (χ0n) is 11.5. The van der Waals surface area contributed by atoms with Crippen LogP contribution in [0, 0.1) is 0 Å². The lowest BCUT2D eigenvalue weighted by Gasteiger charge is -2.25. The molecule has 0 spiro atoms. The van der Waals surface area contributed by atoms with Crippen molar-refractivity contribution in [1.29, 1.82) is 0 Å². The monoisotopic (exact) mass is 246 g/mol. The second kappa shape index (κ2) is 8.44. The fourth-order valence-electron chi connectivity index (χ4n) is 1.52. The van der Waals surface area contributed by atoms with Crippen LogP contribution in [0.5, 0.6) is 0 Å². The molecule has 1 unspecified atom stereocenters. The van der Waals surface area contributed by atoms with Crippen molar-refractivity contribution >= 4 is 5.97 Å². The van der Waals surface area contributed by atoms with Gasteiger partial charge >= 0.3 is 5.97 Å². The van der Waals surface area contributed by atoms with E-state index >= 15 is 0 Å². The van der Waals surface area contributed by atoms with Crippen LogP contribution in [-0.4, -0.2) is 61.9 Å². The van der Waals surface area contributed by atoms with E-state index in [-0.39, 0.29) is 0 Å². The van der Waals surface area contributed by atoms with E-state index in [9.17, 15) is 4.79 Å². The van der Waals surface area contributed by atoms with E-state index < -0.39 is 11.5 Å². The molecule has 0 saturated heterocycles. The summed E-state index contributed by atoms with van der Waals surface area (Å²) >= 11 is 0. The normalized spacial score (nSPS) is 14.9. The van der Waals surface area contributed by atoms with Gasteiger partial charge in [-0.3, -0.25) is 4.79 Å². The van der Waals surface area contributed by atoms with Crippen LogP contribution in [0.2, 0.25) is 0 Å². The molecule has 0 aromatic heterocycles. The molecule has 17 heavy (non-hydrogen) atoms. The van der Waals surface area contributed by atoms with Crippen molar-refractivity contribution in [3.63, 3.8) is 0 Å². The van der Waals surface area contributed by atoms with E-state index in [2.05, 4.69) is 10.2 Å². The summed E-state index contributed by atoms with van der Waals surface area (Å²) < 4.78 is 5.26. The Hall–Kier alpha value is -0.650. The number of hydrogen-bond donors (Lipinski definition) is 2. The Bertz CT molecular complexity index is 224. The first kappa shape index (κ1) is 16.4. The summed E-state index contributed by atoms with van der Waals surface area (Å²) in [4.78, 5) is 13.2. The molecule has 0 aliphatic rings. The second-order valence-electron chi connectivity index (χ2n) is 4.49. The summed E-state index contributed by atoms with van der Waals surface area (Å²) in [5.74, 6) is -0.794. The van der Waals surface area contributed by atoms with Gasteiger partial charge in [-0.1, -0.05) is 0 Å². The average Bonchev–Trinajstić information content (AvgIpc) is 2.29. The molecule has 0 heterocycles. The van der Waals surface area contributed by atoms with Crippen LogP contribution in [-0.2, 0) is 9.53 Å². The largest absolute Gasteiger partial charge is 0.480 e. The van der Waals surface area contributed by atoms with E-state index in [0.29, 0.717) is 6.42 Å². The molecule has 0 fully saturated rings. The van der Waals surface area contributed by atoms with Crippen LogP contribution >= 0.6 is 0 Å². The number of nitrogens with one attached hydrogen (secondary N) is 1. The van der Waals surface area contributed by atoms with Crippen molar-refractivity contribution in [2.24, 2.45) is 0 Å². The smallest absolute Gasteiger partial charge is 0.323 e. The van der Waals surface area contributed by atoms with Crippen LogP contribution in [0.25, 0.3) is 0 Å². The number of hydrogen-bond acceptors (Lipinski definition) is 4.